The molecular weight excluding hydrogens is 184 g/mol. The molecule has 82 valence electrons. The Morgan fingerprint density at radius 3 is 1.15 bits per heavy atom. The van der Waals surface area contributed by atoms with Crippen molar-refractivity contribution in [2.24, 2.45) is 0 Å². The molecule has 0 unspecified atom stereocenters. The molecule has 0 aliphatic carbocycles. The second-order valence-corrected chi connectivity index (χ2v) is 4.69. The molecule has 0 spiro atoms. The van der Waals surface area contributed by atoms with E-state index in [1.54, 1.807) is 21.3 Å². The van der Waals surface area contributed by atoms with Crippen LogP contribution in [-0.4, -0.2) is 30.9 Å². The number of rotatable bonds is 6. The Morgan fingerprint density at radius 1 is 0.769 bits per heavy atom. The lowest BCUT2D eigenvalue weighted by atomic mass is 10.2. The maximum absolute atomic E-state index is 4.74. The standard InChI is InChI=1S/C6H14.C3H10O3Si/c1-3-5-6-4-2;1-4-7(5-2)6-3/h3-6H2,1-2H3;7H,1-3H3. The maximum atomic E-state index is 4.74. The summed E-state index contributed by atoms with van der Waals surface area (Å²) in [5.74, 6) is 0. The molecule has 0 bridgehead atoms. The normalized spacial score (nSPS) is 9.69. The lowest BCUT2D eigenvalue weighted by Gasteiger charge is -2.05. The summed E-state index contributed by atoms with van der Waals surface area (Å²) in [7, 11) is 3.05. The molecular formula is C9H24O3Si. The van der Waals surface area contributed by atoms with Crippen LogP contribution in [0.15, 0.2) is 0 Å². The summed E-state index contributed by atoms with van der Waals surface area (Å²) in [5.41, 5.74) is 0. The van der Waals surface area contributed by atoms with Crippen molar-refractivity contribution in [1.29, 1.82) is 0 Å². The van der Waals surface area contributed by atoms with Gasteiger partial charge in [0.2, 0.25) is 0 Å². The van der Waals surface area contributed by atoms with E-state index in [9.17, 15) is 0 Å². The lowest BCUT2D eigenvalue weighted by Crippen LogP contribution is -2.21. The van der Waals surface area contributed by atoms with E-state index >= 15 is 0 Å². The number of hydrogen-bond acceptors (Lipinski definition) is 3. The van der Waals surface area contributed by atoms with E-state index in [1.165, 1.54) is 25.7 Å². The van der Waals surface area contributed by atoms with E-state index in [0.717, 1.165) is 0 Å². The highest BCUT2D eigenvalue weighted by molar-refractivity contribution is 6.36. The van der Waals surface area contributed by atoms with Crippen LogP contribution in [0, 0.1) is 0 Å². The van der Waals surface area contributed by atoms with Gasteiger partial charge in [-0.05, 0) is 0 Å². The molecule has 0 atom stereocenters. The van der Waals surface area contributed by atoms with Gasteiger partial charge in [-0.3, -0.25) is 0 Å². The number of unbranched alkanes of at least 4 members (excludes halogenated alkanes) is 3. The van der Waals surface area contributed by atoms with Crippen LogP contribution in [-0.2, 0) is 13.3 Å². The Morgan fingerprint density at radius 2 is 1.08 bits per heavy atom. The van der Waals surface area contributed by atoms with Crippen LogP contribution in [0.4, 0.5) is 0 Å². The Kier molecular flexibility index (Phi) is 17.5. The first-order chi connectivity index (χ1) is 6.26. The van der Waals surface area contributed by atoms with E-state index in [-0.39, 0.29) is 0 Å². The SMILES string of the molecule is CCCCCC.CO[SiH](OC)OC. The summed E-state index contributed by atoms with van der Waals surface area (Å²) in [6, 6.07) is 0. The van der Waals surface area contributed by atoms with E-state index in [4.69, 9.17) is 13.3 Å². The van der Waals surface area contributed by atoms with Gasteiger partial charge in [0.1, 0.15) is 0 Å². The van der Waals surface area contributed by atoms with Gasteiger partial charge in [0.25, 0.3) is 0 Å². The lowest BCUT2D eigenvalue weighted by molar-refractivity contribution is 0.163. The Bertz CT molecular complexity index is 67.8. The molecule has 0 saturated heterocycles. The first-order valence-electron chi connectivity index (χ1n) is 4.85. The highest BCUT2D eigenvalue weighted by atomic mass is 28.3. The van der Waals surface area contributed by atoms with Gasteiger partial charge in [0.05, 0.1) is 0 Å². The zero-order chi connectivity index (χ0) is 10.5. The van der Waals surface area contributed by atoms with E-state index in [1.807, 2.05) is 0 Å². The molecule has 0 aromatic carbocycles. The summed E-state index contributed by atoms with van der Waals surface area (Å²) in [6.45, 7) is 4.46. The Labute approximate surface area is 84.4 Å². The second-order valence-electron chi connectivity index (χ2n) is 2.70. The summed E-state index contributed by atoms with van der Waals surface area (Å²) < 4.78 is 14.2. The van der Waals surface area contributed by atoms with Crippen molar-refractivity contribution < 1.29 is 13.3 Å². The fourth-order valence-corrected chi connectivity index (χ4v) is 1.37. The monoisotopic (exact) mass is 208 g/mol. The van der Waals surface area contributed by atoms with Crippen molar-refractivity contribution in [1.82, 2.24) is 0 Å². The van der Waals surface area contributed by atoms with Gasteiger partial charge in [0.15, 0.2) is 0 Å². The predicted octanol–water partition coefficient (Wildman–Crippen LogP) is 2.23. The molecule has 0 aromatic heterocycles. The highest BCUT2D eigenvalue weighted by Crippen LogP contribution is 1.95. The summed E-state index contributed by atoms with van der Waals surface area (Å²) in [6.07, 6.45) is 5.54. The quantitative estimate of drug-likeness (QED) is 0.495. The number of hydrogen-bond donors (Lipinski definition) is 0. The van der Waals surface area contributed by atoms with Crippen LogP contribution >= 0.6 is 0 Å². The largest absolute Gasteiger partial charge is 0.483 e. The molecule has 0 aliphatic rings. The van der Waals surface area contributed by atoms with Crippen molar-refractivity contribution in [3.05, 3.63) is 0 Å². The molecule has 0 aromatic rings. The topological polar surface area (TPSA) is 27.7 Å². The zero-order valence-electron chi connectivity index (χ0n) is 9.63. The Balaban J connectivity index is 0. The molecule has 0 radical (unpaired) electrons. The van der Waals surface area contributed by atoms with Crippen molar-refractivity contribution in [3.8, 4) is 0 Å². The van der Waals surface area contributed by atoms with Crippen LogP contribution in [0.3, 0.4) is 0 Å². The average Bonchev–Trinajstić information content (AvgIpc) is 2.18. The van der Waals surface area contributed by atoms with Crippen LogP contribution in [0.25, 0.3) is 0 Å². The van der Waals surface area contributed by atoms with Gasteiger partial charge in [0, 0.05) is 21.3 Å². The van der Waals surface area contributed by atoms with Crippen molar-refractivity contribution >= 4 is 9.53 Å². The van der Waals surface area contributed by atoms with Crippen molar-refractivity contribution in [3.63, 3.8) is 0 Å². The van der Waals surface area contributed by atoms with Crippen LogP contribution in [0.5, 0.6) is 0 Å². The van der Waals surface area contributed by atoms with Gasteiger partial charge in [-0.1, -0.05) is 39.5 Å². The first kappa shape index (κ1) is 15.6. The average molecular weight is 208 g/mol. The van der Waals surface area contributed by atoms with E-state index in [0.29, 0.717) is 0 Å². The molecule has 0 aliphatic heterocycles. The minimum absolute atomic E-state index is 1.36. The van der Waals surface area contributed by atoms with Crippen molar-refractivity contribution in [2.45, 2.75) is 39.5 Å². The molecule has 0 saturated carbocycles. The zero-order valence-corrected chi connectivity index (χ0v) is 10.8. The third-order valence-corrected chi connectivity index (χ3v) is 2.69. The molecule has 0 rings (SSSR count). The molecule has 0 fully saturated rings. The summed E-state index contributed by atoms with van der Waals surface area (Å²) in [4.78, 5) is 0. The van der Waals surface area contributed by atoms with Gasteiger partial charge in [-0.2, -0.15) is 0 Å². The molecule has 13 heavy (non-hydrogen) atoms. The maximum Gasteiger partial charge on any atom is 0.483 e. The van der Waals surface area contributed by atoms with Crippen molar-refractivity contribution in [2.75, 3.05) is 21.3 Å². The molecule has 0 heterocycles. The fraction of sp³-hybridized carbons (Fsp3) is 1.00. The van der Waals surface area contributed by atoms with Crippen LogP contribution < -0.4 is 0 Å². The van der Waals surface area contributed by atoms with E-state index < -0.39 is 9.53 Å². The Hall–Kier alpha value is 0.0969. The summed E-state index contributed by atoms with van der Waals surface area (Å²) in [5, 5.41) is 0. The second kappa shape index (κ2) is 14.6. The predicted molar refractivity (Wildman–Crippen MR) is 58.0 cm³/mol. The van der Waals surface area contributed by atoms with Gasteiger partial charge < -0.3 is 13.3 Å². The van der Waals surface area contributed by atoms with E-state index in [2.05, 4.69) is 13.8 Å². The van der Waals surface area contributed by atoms with Gasteiger partial charge >= 0.3 is 9.53 Å². The minimum Gasteiger partial charge on any atom is -0.379 e. The smallest absolute Gasteiger partial charge is 0.379 e. The third-order valence-electron chi connectivity index (χ3n) is 1.53. The van der Waals surface area contributed by atoms with Gasteiger partial charge in [-0.15, -0.1) is 0 Å². The molecule has 4 heteroatoms. The molecule has 3 nitrogen and oxygen atoms in total. The summed E-state index contributed by atoms with van der Waals surface area (Å²) >= 11 is 0. The van der Waals surface area contributed by atoms with Crippen LogP contribution in [0.2, 0.25) is 0 Å². The molecule has 0 N–H and O–H groups in total. The fourth-order valence-electron chi connectivity index (χ4n) is 0.789. The molecule has 0 amide bonds. The van der Waals surface area contributed by atoms with Crippen LogP contribution in [0.1, 0.15) is 39.5 Å². The first-order valence-corrected chi connectivity index (χ1v) is 6.26. The van der Waals surface area contributed by atoms with Gasteiger partial charge in [-0.25, -0.2) is 0 Å². The third kappa shape index (κ3) is 14.9. The minimum atomic E-state index is -1.67. The highest BCUT2D eigenvalue weighted by Gasteiger charge is 2.04.